The zero-order valence-corrected chi connectivity index (χ0v) is 13.6. The number of nitrogen functional groups attached to an aromatic ring is 1. The first-order chi connectivity index (χ1) is 9.47. The van der Waals surface area contributed by atoms with Gasteiger partial charge in [-0.3, -0.25) is 0 Å². The summed E-state index contributed by atoms with van der Waals surface area (Å²) in [6.07, 6.45) is 2.31. The molecule has 0 heterocycles. The van der Waals surface area contributed by atoms with Gasteiger partial charge in [0.1, 0.15) is 0 Å². The van der Waals surface area contributed by atoms with Crippen molar-refractivity contribution in [3.63, 3.8) is 0 Å². The Morgan fingerprint density at radius 1 is 1.10 bits per heavy atom. The molecular formula is C17H31N3. The van der Waals surface area contributed by atoms with Gasteiger partial charge in [0.15, 0.2) is 0 Å². The smallest absolute Gasteiger partial charge is 0.0316 e. The number of aryl methyl sites for hydroxylation is 1. The van der Waals surface area contributed by atoms with Gasteiger partial charge in [0.2, 0.25) is 0 Å². The summed E-state index contributed by atoms with van der Waals surface area (Å²) in [5, 5.41) is 0. The highest BCUT2D eigenvalue weighted by Crippen LogP contribution is 2.09. The van der Waals surface area contributed by atoms with E-state index in [1.165, 1.54) is 25.1 Å². The summed E-state index contributed by atoms with van der Waals surface area (Å²) in [5.74, 6) is 0.726. The Balaban J connectivity index is 2.37. The first-order valence-electron chi connectivity index (χ1n) is 7.69. The molecule has 3 nitrogen and oxygen atoms in total. The lowest BCUT2D eigenvalue weighted by Gasteiger charge is -2.25. The van der Waals surface area contributed by atoms with E-state index in [2.05, 4.69) is 49.9 Å². The molecule has 2 N–H and O–H groups in total. The molecule has 0 saturated heterocycles. The van der Waals surface area contributed by atoms with Gasteiger partial charge in [0.25, 0.3) is 0 Å². The van der Waals surface area contributed by atoms with Crippen LogP contribution in [0.3, 0.4) is 0 Å². The van der Waals surface area contributed by atoms with E-state index < -0.39 is 0 Å². The molecule has 1 aromatic carbocycles. The molecular weight excluding hydrogens is 246 g/mol. The molecule has 0 spiro atoms. The van der Waals surface area contributed by atoms with E-state index in [-0.39, 0.29) is 0 Å². The number of rotatable bonds is 9. The molecule has 3 heteroatoms. The minimum atomic E-state index is 0.726. The SMILES string of the molecule is CC(C)CN(CCCc1cccc(N)c1)CCN(C)C. The van der Waals surface area contributed by atoms with E-state index in [0.717, 1.165) is 31.1 Å². The van der Waals surface area contributed by atoms with Crippen molar-refractivity contribution < 1.29 is 0 Å². The second-order valence-corrected chi connectivity index (χ2v) is 6.35. The van der Waals surface area contributed by atoms with Crippen molar-refractivity contribution in [2.24, 2.45) is 5.92 Å². The van der Waals surface area contributed by atoms with Crippen LogP contribution in [0.2, 0.25) is 0 Å². The van der Waals surface area contributed by atoms with Crippen molar-refractivity contribution in [1.29, 1.82) is 0 Å². The van der Waals surface area contributed by atoms with Crippen molar-refractivity contribution in [3.05, 3.63) is 29.8 Å². The Bertz CT molecular complexity index is 374. The van der Waals surface area contributed by atoms with E-state index >= 15 is 0 Å². The molecule has 0 aliphatic carbocycles. The van der Waals surface area contributed by atoms with E-state index in [9.17, 15) is 0 Å². The Labute approximate surface area is 124 Å². The Hall–Kier alpha value is -1.06. The molecule has 0 atom stereocenters. The normalized spacial score (nSPS) is 11.8. The topological polar surface area (TPSA) is 32.5 Å². The molecule has 0 aliphatic rings. The molecule has 0 unspecified atom stereocenters. The van der Waals surface area contributed by atoms with Crippen LogP contribution in [-0.2, 0) is 6.42 Å². The maximum absolute atomic E-state index is 5.82. The van der Waals surface area contributed by atoms with Crippen molar-refractivity contribution in [2.45, 2.75) is 26.7 Å². The largest absolute Gasteiger partial charge is 0.399 e. The lowest BCUT2D eigenvalue weighted by Crippen LogP contribution is -2.35. The molecule has 0 aromatic heterocycles. The zero-order valence-electron chi connectivity index (χ0n) is 13.6. The van der Waals surface area contributed by atoms with Crippen molar-refractivity contribution >= 4 is 5.69 Å². The number of nitrogens with two attached hydrogens (primary N) is 1. The second-order valence-electron chi connectivity index (χ2n) is 6.35. The number of hydrogen-bond acceptors (Lipinski definition) is 3. The van der Waals surface area contributed by atoms with Crippen LogP contribution in [0.1, 0.15) is 25.8 Å². The summed E-state index contributed by atoms with van der Waals surface area (Å²) >= 11 is 0. The van der Waals surface area contributed by atoms with Gasteiger partial charge in [0, 0.05) is 25.3 Å². The standard InChI is InChI=1S/C17H31N3/c1-15(2)14-20(12-11-19(3)4)10-6-8-16-7-5-9-17(18)13-16/h5,7,9,13,15H,6,8,10-12,14,18H2,1-4H3. The third kappa shape index (κ3) is 7.51. The molecule has 114 valence electrons. The van der Waals surface area contributed by atoms with Crippen molar-refractivity contribution in [2.75, 3.05) is 46.0 Å². The monoisotopic (exact) mass is 277 g/mol. The highest BCUT2D eigenvalue weighted by molar-refractivity contribution is 5.40. The number of hydrogen-bond donors (Lipinski definition) is 1. The van der Waals surface area contributed by atoms with Crippen LogP contribution in [0.4, 0.5) is 5.69 Å². The average molecular weight is 277 g/mol. The maximum atomic E-state index is 5.82. The van der Waals surface area contributed by atoms with E-state index in [4.69, 9.17) is 5.73 Å². The highest BCUT2D eigenvalue weighted by atomic mass is 15.2. The van der Waals surface area contributed by atoms with Gasteiger partial charge in [-0.25, -0.2) is 0 Å². The van der Waals surface area contributed by atoms with Crippen LogP contribution in [0.25, 0.3) is 0 Å². The zero-order chi connectivity index (χ0) is 15.0. The summed E-state index contributed by atoms with van der Waals surface area (Å²) in [7, 11) is 4.28. The fourth-order valence-electron chi connectivity index (χ4n) is 2.41. The minimum absolute atomic E-state index is 0.726. The van der Waals surface area contributed by atoms with Crippen LogP contribution in [0, 0.1) is 5.92 Å². The third-order valence-corrected chi connectivity index (χ3v) is 3.38. The van der Waals surface area contributed by atoms with E-state index in [1.807, 2.05) is 12.1 Å². The summed E-state index contributed by atoms with van der Waals surface area (Å²) in [5.41, 5.74) is 8.04. The van der Waals surface area contributed by atoms with E-state index in [0.29, 0.717) is 0 Å². The lowest BCUT2D eigenvalue weighted by molar-refractivity contribution is 0.217. The molecule has 0 saturated carbocycles. The average Bonchev–Trinajstić information content (AvgIpc) is 2.35. The Morgan fingerprint density at radius 3 is 2.45 bits per heavy atom. The third-order valence-electron chi connectivity index (χ3n) is 3.38. The number of benzene rings is 1. The second kappa shape index (κ2) is 8.98. The number of anilines is 1. The van der Waals surface area contributed by atoms with Crippen LogP contribution < -0.4 is 5.73 Å². The number of nitrogens with zero attached hydrogens (tertiary/aromatic N) is 2. The minimum Gasteiger partial charge on any atom is -0.399 e. The van der Waals surface area contributed by atoms with Crippen molar-refractivity contribution in [1.82, 2.24) is 9.80 Å². The first-order valence-corrected chi connectivity index (χ1v) is 7.69. The molecule has 0 bridgehead atoms. The molecule has 1 rings (SSSR count). The van der Waals surface area contributed by atoms with Gasteiger partial charge in [-0.1, -0.05) is 26.0 Å². The van der Waals surface area contributed by atoms with Gasteiger partial charge in [0.05, 0.1) is 0 Å². The number of likely N-dealkylation sites (N-methyl/N-ethyl adjacent to an activating group) is 1. The van der Waals surface area contributed by atoms with Crippen LogP contribution in [0.15, 0.2) is 24.3 Å². The molecule has 0 aliphatic heterocycles. The Kier molecular flexibility index (Phi) is 7.63. The van der Waals surface area contributed by atoms with Crippen LogP contribution in [-0.4, -0.2) is 50.1 Å². The molecule has 1 aromatic rings. The Morgan fingerprint density at radius 2 is 1.85 bits per heavy atom. The predicted octanol–water partition coefficient (Wildman–Crippen LogP) is 2.72. The molecule has 0 radical (unpaired) electrons. The quantitative estimate of drug-likeness (QED) is 0.704. The summed E-state index contributed by atoms with van der Waals surface area (Å²) in [4.78, 5) is 4.84. The van der Waals surface area contributed by atoms with Gasteiger partial charge >= 0.3 is 0 Å². The van der Waals surface area contributed by atoms with Gasteiger partial charge < -0.3 is 15.5 Å². The fraction of sp³-hybridized carbons (Fsp3) is 0.647. The lowest BCUT2D eigenvalue weighted by atomic mass is 10.1. The predicted molar refractivity (Wildman–Crippen MR) is 89.0 cm³/mol. The molecule has 20 heavy (non-hydrogen) atoms. The van der Waals surface area contributed by atoms with Crippen LogP contribution >= 0.6 is 0 Å². The van der Waals surface area contributed by atoms with Gasteiger partial charge in [-0.05, 0) is 57.1 Å². The first kappa shape index (κ1) is 17.0. The summed E-state index contributed by atoms with van der Waals surface area (Å²) < 4.78 is 0. The van der Waals surface area contributed by atoms with Crippen LogP contribution in [0.5, 0.6) is 0 Å². The highest BCUT2D eigenvalue weighted by Gasteiger charge is 2.07. The van der Waals surface area contributed by atoms with Gasteiger partial charge in [-0.15, -0.1) is 0 Å². The van der Waals surface area contributed by atoms with E-state index in [1.54, 1.807) is 0 Å². The van der Waals surface area contributed by atoms with Crippen molar-refractivity contribution in [3.8, 4) is 0 Å². The molecule has 0 fully saturated rings. The molecule has 0 amide bonds. The van der Waals surface area contributed by atoms with Gasteiger partial charge in [-0.2, -0.15) is 0 Å². The fourth-order valence-corrected chi connectivity index (χ4v) is 2.41. The summed E-state index contributed by atoms with van der Waals surface area (Å²) in [6.45, 7) is 9.22. The summed E-state index contributed by atoms with van der Waals surface area (Å²) in [6, 6.07) is 8.25. The maximum Gasteiger partial charge on any atom is 0.0316 e.